The van der Waals surface area contributed by atoms with Gasteiger partial charge >= 0.3 is 0 Å². The van der Waals surface area contributed by atoms with E-state index in [0.29, 0.717) is 30.6 Å². The van der Waals surface area contributed by atoms with Gasteiger partial charge in [-0.25, -0.2) is 0 Å². The minimum absolute atomic E-state index is 0.00941. The molecule has 1 atom stereocenters. The SMILES string of the molecule is Cn1ncc2c(N)nc(NCC3COC4(CCCCCC4)O3)nc21. The van der Waals surface area contributed by atoms with Crippen LogP contribution in [0, 0.1) is 0 Å². The molecular formula is C16H24N6O2. The second kappa shape index (κ2) is 6.18. The van der Waals surface area contributed by atoms with Crippen molar-refractivity contribution in [1.29, 1.82) is 0 Å². The van der Waals surface area contributed by atoms with E-state index >= 15 is 0 Å². The predicted octanol–water partition coefficient (Wildman–Crippen LogP) is 1.82. The Kier molecular flexibility index (Phi) is 4.01. The zero-order valence-corrected chi connectivity index (χ0v) is 14.0. The third-order valence-electron chi connectivity index (χ3n) is 4.89. The Hall–Kier alpha value is -1.93. The van der Waals surface area contributed by atoms with Crippen molar-refractivity contribution < 1.29 is 9.47 Å². The summed E-state index contributed by atoms with van der Waals surface area (Å²) in [6.07, 6.45) is 8.58. The van der Waals surface area contributed by atoms with Crippen LogP contribution in [0.4, 0.5) is 11.8 Å². The summed E-state index contributed by atoms with van der Waals surface area (Å²) >= 11 is 0. The highest BCUT2D eigenvalue weighted by Crippen LogP contribution is 2.36. The average Bonchev–Trinajstić information content (AvgIpc) is 3.05. The summed E-state index contributed by atoms with van der Waals surface area (Å²) in [7, 11) is 1.84. The molecule has 2 aliphatic rings. The second-order valence-corrected chi connectivity index (χ2v) is 6.69. The molecule has 1 unspecified atom stereocenters. The molecule has 0 bridgehead atoms. The van der Waals surface area contributed by atoms with Gasteiger partial charge in [-0.15, -0.1) is 0 Å². The maximum Gasteiger partial charge on any atom is 0.226 e. The van der Waals surface area contributed by atoms with Gasteiger partial charge in [0.05, 0.1) is 18.2 Å². The molecule has 0 amide bonds. The first-order chi connectivity index (χ1) is 11.7. The van der Waals surface area contributed by atoms with Gasteiger partial charge in [0.25, 0.3) is 0 Å². The van der Waals surface area contributed by atoms with Crippen molar-refractivity contribution in [2.24, 2.45) is 7.05 Å². The number of ether oxygens (including phenoxy) is 2. The third kappa shape index (κ3) is 2.91. The van der Waals surface area contributed by atoms with Gasteiger partial charge < -0.3 is 20.5 Å². The van der Waals surface area contributed by atoms with Crippen LogP contribution in [0.15, 0.2) is 6.20 Å². The number of rotatable bonds is 3. The molecule has 1 aliphatic heterocycles. The Bertz CT molecular complexity index is 723. The molecule has 1 saturated carbocycles. The Labute approximate surface area is 140 Å². The fourth-order valence-corrected chi connectivity index (χ4v) is 3.57. The fourth-order valence-electron chi connectivity index (χ4n) is 3.57. The highest BCUT2D eigenvalue weighted by molar-refractivity contribution is 5.86. The van der Waals surface area contributed by atoms with Crippen LogP contribution in [-0.4, -0.2) is 44.8 Å². The van der Waals surface area contributed by atoms with Gasteiger partial charge in [-0.3, -0.25) is 4.68 Å². The Morgan fingerprint density at radius 2 is 2.08 bits per heavy atom. The number of hydrogen-bond donors (Lipinski definition) is 2. The van der Waals surface area contributed by atoms with Gasteiger partial charge in [0.1, 0.15) is 11.9 Å². The van der Waals surface area contributed by atoms with Crippen LogP contribution in [0.5, 0.6) is 0 Å². The van der Waals surface area contributed by atoms with E-state index in [1.54, 1.807) is 10.9 Å². The summed E-state index contributed by atoms with van der Waals surface area (Å²) in [5.41, 5.74) is 6.70. The van der Waals surface area contributed by atoms with Crippen molar-refractivity contribution in [3.63, 3.8) is 0 Å². The van der Waals surface area contributed by atoms with Gasteiger partial charge in [0.15, 0.2) is 11.4 Å². The number of fused-ring (bicyclic) bond motifs is 1. The molecule has 2 aromatic heterocycles. The first-order valence-corrected chi connectivity index (χ1v) is 8.66. The van der Waals surface area contributed by atoms with E-state index in [2.05, 4.69) is 20.4 Å². The number of nitrogens with zero attached hydrogens (tertiary/aromatic N) is 4. The molecule has 4 rings (SSSR count). The van der Waals surface area contributed by atoms with Gasteiger partial charge in [0.2, 0.25) is 5.95 Å². The van der Waals surface area contributed by atoms with E-state index in [9.17, 15) is 0 Å². The van der Waals surface area contributed by atoms with Crippen LogP contribution >= 0.6 is 0 Å². The fraction of sp³-hybridized carbons (Fsp3) is 0.688. The number of anilines is 2. The molecule has 8 heteroatoms. The Balaban J connectivity index is 1.41. The standard InChI is InChI=1S/C16H24N6O2/c1-22-14-12(9-19-22)13(17)20-15(21-14)18-8-11-10-23-16(24-11)6-4-2-3-5-7-16/h9,11H,2-8,10H2,1H3,(H3,17,18,20,21). The maximum atomic E-state index is 6.23. The van der Waals surface area contributed by atoms with Crippen molar-refractivity contribution in [3.05, 3.63) is 6.20 Å². The molecule has 2 fully saturated rings. The summed E-state index contributed by atoms with van der Waals surface area (Å²) in [5.74, 6) is 0.558. The molecule has 130 valence electrons. The lowest BCUT2D eigenvalue weighted by Crippen LogP contribution is -2.31. The number of hydrogen-bond acceptors (Lipinski definition) is 7. The van der Waals surface area contributed by atoms with E-state index in [0.717, 1.165) is 18.2 Å². The average molecular weight is 332 g/mol. The minimum Gasteiger partial charge on any atom is -0.383 e. The summed E-state index contributed by atoms with van der Waals surface area (Å²) in [6, 6.07) is 0. The monoisotopic (exact) mass is 332 g/mol. The summed E-state index contributed by atoms with van der Waals surface area (Å²) in [4.78, 5) is 8.78. The molecule has 0 aromatic carbocycles. The molecule has 8 nitrogen and oxygen atoms in total. The van der Waals surface area contributed by atoms with E-state index in [1.807, 2.05) is 7.05 Å². The van der Waals surface area contributed by atoms with Crippen molar-refractivity contribution in [3.8, 4) is 0 Å². The number of aromatic nitrogens is 4. The molecule has 0 radical (unpaired) electrons. The molecule has 1 aliphatic carbocycles. The van der Waals surface area contributed by atoms with Crippen LogP contribution < -0.4 is 11.1 Å². The molecule has 24 heavy (non-hydrogen) atoms. The largest absolute Gasteiger partial charge is 0.383 e. The Morgan fingerprint density at radius 3 is 2.88 bits per heavy atom. The van der Waals surface area contributed by atoms with Gasteiger partial charge in [-0.05, 0) is 12.8 Å². The molecule has 2 aromatic rings. The van der Waals surface area contributed by atoms with E-state index < -0.39 is 0 Å². The highest BCUT2D eigenvalue weighted by Gasteiger charge is 2.41. The lowest BCUT2D eigenvalue weighted by molar-refractivity contribution is -0.174. The highest BCUT2D eigenvalue weighted by atomic mass is 16.7. The second-order valence-electron chi connectivity index (χ2n) is 6.69. The molecular weight excluding hydrogens is 308 g/mol. The van der Waals surface area contributed by atoms with Crippen LogP contribution in [0.1, 0.15) is 38.5 Å². The smallest absolute Gasteiger partial charge is 0.226 e. The number of nitrogens with one attached hydrogen (secondary N) is 1. The van der Waals surface area contributed by atoms with Crippen LogP contribution in [-0.2, 0) is 16.5 Å². The molecule has 1 saturated heterocycles. The lowest BCUT2D eigenvalue weighted by atomic mass is 10.1. The number of aryl methyl sites for hydroxylation is 1. The zero-order chi connectivity index (χ0) is 16.6. The molecule has 3 heterocycles. The molecule has 1 spiro atoms. The van der Waals surface area contributed by atoms with Crippen molar-refractivity contribution in [2.45, 2.75) is 50.4 Å². The lowest BCUT2D eigenvalue weighted by Gasteiger charge is -2.26. The van der Waals surface area contributed by atoms with Crippen molar-refractivity contribution >= 4 is 22.8 Å². The van der Waals surface area contributed by atoms with E-state index in [-0.39, 0.29) is 11.9 Å². The summed E-state index contributed by atoms with van der Waals surface area (Å²) in [6.45, 7) is 1.21. The Morgan fingerprint density at radius 1 is 1.29 bits per heavy atom. The van der Waals surface area contributed by atoms with E-state index in [1.165, 1.54) is 25.7 Å². The summed E-state index contributed by atoms with van der Waals surface area (Å²) < 4.78 is 13.9. The van der Waals surface area contributed by atoms with E-state index in [4.69, 9.17) is 15.2 Å². The first-order valence-electron chi connectivity index (χ1n) is 8.66. The maximum absolute atomic E-state index is 6.23. The van der Waals surface area contributed by atoms with Crippen LogP contribution in [0.2, 0.25) is 0 Å². The topological polar surface area (TPSA) is 100 Å². The number of nitrogen functional groups attached to an aromatic ring is 1. The van der Waals surface area contributed by atoms with Crippen LogP contribution in [0.25, 0.3) is 11.0 Å². The van der Waals surface area contributed by atoms with Gasteiger partial charge in [-0.2, -0.15) is 15.1 Å². The van der Waals surface area contributed by atoms with Crippen molar-refractivity contribution in [2.75, 3.05) is 24.2 Å². The minimum atomic E-state index is -0.366. The third-order valence-corrected chi connectivity index (χ3v) is 4.89. The quantitative estimate of drug-likeness (QED) is 0.884. The number of nitrogens with two attached hydrogens (primary N) is 1. The van der Waals surface area contributed by atoms with Crippen molar-refractivity contribution in [1.82, 2.24) is 19.7 Å². The summed E-state index contributed by atoms with van der Waals surface area (Å²) in [5, 5.41) is 8.15. The molecule has 3 N–H and O–H groups in total. The predicted molar refractivity (Wildman–Crippen MR) is 90.5 cm³/mol. The van der Waals surface area contributed by atoms with Gasteiger partial charge in [-0.1, -0.05) is 12.8 Å². The van der Waals surface area contributed by atoms with Crippen LogP contribution in [0.3, 0.4) is 0 Å². The van der Waals surface area contributed by atoms with Gasteiger partial charge in [0, 0.05) is 26.4 Å². The first kappa shape index (κ1) is 15.6. The normalized spacial score (nSPS) is 23.6. The zero-order valence-electron chi connectivity index (χ0n) is 14.0.